The van der Waals surface area contributed by atoms with Crippen LogP contribution in [0.25, 0.3) is 0 Å². The van der Waals surface area contributed by atoms with E-state index in [1.807, 2.05) is 0 Å². The molecule has 0 aliphatic carbocycles. The molecule has 0 saturated carbocycles. The summed E-state index contributed by atoms with van der Waals surface area (Å²) in [5.74, 6) is -0.529. The van der Waals surface area contributed by atoms with Gasteiger partial charge in [-0.05, 0) is 81.1 Å². The van der Waals surface area contributed by atoms with E-state index in [-0.39, 0.29) is 10.8 Å². The lowest BCUT2D eigenvalue weighted by atomic mass is 10.1. The summed E-state index contributed by atoms with van der Waals surface area (Å²) in [6.07, 6.45) is -4.54. The quantitative estimate of drug-likeness (QED) is 0.416. The Balaban J connectivity index is 2.16. The van der Waals surface area contributed by atoms with Gasteiger partial charge in [0.2, 0.25) is 0 Å². The van der Waals surface area contributed by atoms with Crippen molar-refractivity contribution in [3.8, 4) is 0 Å². The molecule has 0 aliphatic rings. The van der Waals surface area contributed by atoms with Gasteiger partial charge in [-0.25, -0.2) is 0 Å². The number of hydrogen-bond donors (Lipinski definition) is 2. The van der Waals surface area contributed by atoms with E-state index in [1.54, 1.807) is 46.9 Å². The molecule has 9 heteroatoms. The van der Waals surface area contributed by atoms with Gasteiger partial charge in [0, 0.05) is 8.04 Å². The Morgan fingerprint density at radius 3 is 2.46 bits per heavy atom. The second-order valence-electron chi connectivity index (χ2n) is 4.58. The number of carbonyl (C=O) groups is 1. The summed E-state index contributed by atoms with van der Waals surface area (Å²) in [4.78, 5) is 12.1. The zero-order valence-corrected chi connectivity index (χ0v) is 16.3. The van der Waals surface area contributed by atoms with Crippen molar-refractivity contribution < 1.29 is 18.0 Å². The molecule has 0 unspecified atom stereocenters. The van der Waals surface area contributed by atoms with Crippen LogP contribution in [0, 0.1) is 3.57 Å². The summed E-state index contributed by atoms with van der Waals surface area (Å²) in [6, 6.07) is 10.4. The van der Waals surface area contributed by atoms with Crippen LogP contribution in [0.5, 0.6) is 0 Å². The number of rotatable bonds is 2. The standard InChI is InChI=1S/C15H9BrF3IN2OS/c16-11-4-2-1-3-9(11)13(23)22-14(24)21-12-6-5-8(20)7-10(12)15(17,18)19/h1-7H,(H2,21,22,23,24). The third-order valence-corrected chi connectivity index (χ3v) is 4.45. The van der Waals surface area contributed by atoms with Crippen molar-refractivity contribution in [1.29, 1.82) is 0 Å². The number of halogens is 5. The lowest BCUT2D eigenvalue weighted by Gasteiger charge is -2.16. The maximum atomic E-state index is 13.1. The second kappa shape index (κ2) is 7.79. The van der Waals surface area contributed by atoms with Crippen molar-refractivity contribution in [2.75, 3.05) is 5.32 Å². The van der Waals surface area contributed by atoms with Gasteiger partial charge in [-0.15, -0.1) is 0 Å². The molecule has 1 amide bonds. The third kappa shape index (κ3) is 4.90. The van der Waals surface area contributed by atoms with Gasteiger partial charge in [-0.2, -0.15) is 13.2 Å². The minimum Gasteiger partial charge on any atom is -0.332 e. The summed E-state index contributed by atoms with van der Waals surface area (Å²) in [6.45, 7) is 0. The van der Waals surface area contributed by atoms with Gasteiger partial charge in [-0.3, -0.25) is 10.1 Å². The normalized spacial score (nSPS) is 11.0. The Morgan fingerprint density at radius 2 is 1.83 bits per heavy atom. The number of thiocarbonyl (C=S) groups is 1. The van der Waals surface area contributed by atoms with Gasteiger partial charge in [0.1, 0.15) is 0 Å². The highest BCUT2D eigenvalue weighted by Gasteiger charge is 2.34. The molecule has 2 aromatic rings. The molecule has 2 rings (SSSR count). The van der Waals surface area contributed by atoms with Gasteiger partial charge in [-0.1, -0.05) is 12.1 Å². The van der Waals surface area contributed by atoms with E-state index in [9.17, 15) is 18.0 Å². The van der Waals surface area contributed by atoms with Crippen LogP contribution in [0.4, 0.5) is 18.9 Å². The van der Waals surface area contributed by atoms with Gasteiger partial charge in [0.15, 0.2) is 5.11 Å². The first-order valence-electron chi connectivity index (χ1n) is 6.42. The molecular weight excluding hydrogens is 520 g/mol. The predicted octanol–water partition coefficient (Wildman–Crippen LogP) is 5.20. The number of benzene rings is 2. The van der Waals surface area contributed by atoms with Crippen molar-refractivity contribution in [3.05, 3.63) is 61.6 Å². The maximum Gasteiger partial charge on any atom is 0.418 e. The largest absolute Gasteiger partial charge is 0.418 e. The molecule has 24 heavy (non-hydrogen) atoms. The molecule has 0 aliphatic heterocycles. The molecule has 0 radical (unpaired) electrons. The fourth-order valence-electron chi connectivity index (χ4n) is 1.83. The van der Waals surface area contributed by atoms with Crippen molar-refractivity contribution >= 4 is 67.4 Å². The summed E-state index contributed by atoms with van der Waals surface area (Å²) < 4.78 is 40.2. The van der Waals surface area contributed by atoms with Gasteiger partial charge >= 0.3 is 6.18 Å². The molecule has 0 atom stereocenters. The maximum absolute atomic E-state index is 13.1. The molecule has 0 spiro atoms. The minimum absolute atomic E-state index is 0.220. The van der Waals surface area contributed by atoms with Crippen molar-refractivity contribution in [3.63, 3.8) is 0 Å². The Labute approximate surface area is 163 Å². The molecule has 3 nitrogen and oxygen atoms in total. The SMILES string of the molecule is O=C(NC(=S)Nc1ccc(I)cc1C(F)(F)F)c1ccccc1Br. The van der Waals surface area contributed by atoms with Crippen LogP contribution in [-0.2, 0) is 6.18 Å². The van der Waals surface area contributed by atoms with E-state index < -0.39 is 17.6 Å². The first-order valence-corrected chi connectivity index (χ1v) is 8.70. The lowest BCUT2D eigenvalue weighted by Crippen LogP contribution is -2.34. The Hall–Kier alpha value is -1.20. The molecule has 0 heterocycles. The van der Waals surface area contributed by atoms with E-state index >= 15 is 0 Å². The van der Waals surface area contributed by atoms with E-state index in [2.05, 4.69) is 26.6 Å². The summed E-state index contributed by atoms with van der Waals surface area (Å²) >= 11 is 9.96. The molecule has 0 saturated heterocycles. The number of alkyl halides is 3. The van der Waals surface area contributed by atoms with Gasteiger partial charge in [0.25, 0.3) is 5.91 Å². The highest BCUT2D eigenvalue weighted by Crippen LogP contribution is 2.35. The monoisotopic (exact) mass is 528 g/mol. The zero-order chi connectivity index (χ0) is 17.9. The van der Waals surface area contributed by atoms with Crippen LogP contribution in [0.1, 0.15) is 15.9 Å². The number of amides is 1. The fraction of sp³-hybridized carbons (Fsp3) is 0.0667. The second-order valence-corrected chi connectivity index (χ2v) is 7.08. The molecule has 0 fully saturated rings. The predicted molar refractivity (Wildman–Crippen MR) is 102 cm³/mol. The number of nitrogens with one attached hydrogen (secondary N) is 2. The van der Waals surface area contributed by atoms with Crippen LogP contribution in [-0.4, -0.2) is 11.0 Å². The first kappa shape index (κ1) is 19.1. The van der Waals surface area contributed by atoms with Crippen molar-refractivity contribution in [2.24, 2.45) is 0 Å². The van der Waals surface area contributed by atoms with Crippen LogP contribution < -0.4 is 10.6 Å². The van der Waals surface area contributed by atoms with Crippen LogP contribution in [0.2, 0.25) is 0 Å². The molecule has 2 N–H and O–H groups in total. The smallest absolute Gasteiger partial charge is 0.332 e. The third-order valence-electron chi connectivity index (χ3n) is 2.88. The van der Waals surface area contributed by atoms with E-state index in [0.29, 0.717) is 13.6 Å². The average molecular weight is 529 g/mol. The molecular formula is C15H9BrF3IN2OS. The van der Waals surface area contributed by atoms with Crippen LogP contribution >= 0.6 is 50.7 Å². The van der Waals surface area contributed by atoms with Crippen molar-refractivity contribution in [1.82, 2.24) is 5.32 Å². The Kier molecular flexibility index (Phi) is 6.21. The van der Waals surface area contributed by atoms with E-state index in [4.69, 9.17) is 12.2 Å². The summed E-state index contributed by atoms with van der Waals surface area (Å²) in [5.41, 5.74) is -0.757. The summed E-state index contributed by atoms with van der Waals surface area (Å²) in [7, 11) is 0. The summed E-state index contributed by atoms with van der Waals surface area (Å²) in [5, 5.41) is 4.57. The fourth-order valence-corrected chi connectivity index (χ4v) is 2.99. The van der Waals surface area contributed by atoms with Crippen LogP contribution in [0.3, 0.4) is 0 Å². The lowest BCUT2D eigenvalue weighted by molar-refractivity contribution is -0.136. The number of carbonyl (C=O) groups excluding carboxylic acids is 1. The van der Waals surface area contributed by atoms with E-state index in [0.717, 1.165) is 6.07 Å². The molecule has 126 valence electrons. The van der Waals surface area contributed by atoms with Crippen LogP contribution in [0.15, 0.2) is 46.9 Å². The topological polar surface area (TPSA) is 41.1 Å². The average Bonchev–Trinajstić information content (AvgIpc) is 2.48. The Morgan fingerprint density at radius 1 is 1.17 bits per heavy atom. The Bertz CT molecular complexity index is 799. The highest BCUT2D eigenvalue weighted by molar-refractivity contribution is 14.1. The minimum atomic E-state index is -4.54. The van der Waals surface area contributed by atoms with Gasteiger partial charge < -0.3 is 5.32 Å². The molecule has 2 aromatic carbocycles. The van der Waals surface area contributed by atoms with Gasteiger partial charge in [0.05, 0.1) is 16.8 Å². The molecule has 0 aromatic heterocycles. The van der Waals surface area contributed by atoms with E-state index in [1.165, 1.54) is 12.1 Å². The number of anilines is 1. The number of hydrogen-bond acceptors (Lipinski definition) is 2. The van der Waals surface area contributed by atoms with Crippen molar-refractivity contribution in [2.45, 2.75) is 6.18 Å². The first-order chi connectivity index (χ1) is 11.2. The zero-order valence-electron chi connectivity index (χ0n) is 11.7. The molecule has 0 bridgehead atoms. The highest BCUT2D eigenvalue weighted by atomic mass is 127.